The van der Waals surface area contributed by atoms with Crippen LogP contribution in [0.15, 0.2) is 55.1 Å². The van der Waals surface area contributed by atoms with Gasteiger partial charge in [0.05, 0.1) is 6.04 Å². The van der Waals surface area contributed by atoms with Gasteiger partial charge in [-0.25, -0.2) is 0 Å². The molecule has 23 heavy (non-hydrogen) atoms. The molecule has 0 saturated carbocycles. The molecule has 0 unspecified atom stereocenters. The Kier molecular flexibility index (Phi) is 5.58. The summed E-state index contributed by atoms with van der Waals surface area (Å²) in [6.45, 7) is 10.2. The van der Waals surface area contributed by atoms with Crippen LogP contribution in [0.3, 0.4) is 0 Å². The summed E-state index contributed by atoms with van der Waals surface area (Å²) >= 11 is 0. The van der Waals surface area contributed by atoms with E-state index in [0.717, 1.165) is 11.3 Å². The Morgan fingerprint density at radius 3 is 2.48 bits per heavy atom. The molecule has 1 amide bonds. The van der Waals surface area contributed by atoms with Gasteiger partial charge in [-0.05, 0) is 61.7 Å². The number of hydrogen-bond donors (Lipinski definition) is 1. The fraction of sp³-hybridized carbons (Fsp3) is 0.250. The lowest BCUT2D eigenvalue weighted by molar-refractivity contribution is 0.0940. The number of amides is 1. The number of carbonyl (C=O) groups excluding carboxylic acids is 1. The lowest BCUT2D eigenvalue weighted by Crippen LogP contribution is -2.26. The Labute approximate surface area is 138 Å². The molecule has 0 saturated heterocycles. The van der Waals surface area contributed by atoms with Gasteiger partial charge in [-0.1, -0.05) is 30.9 Å². The van der Waals surface area contributed by atoms with Crippen LogP contribution in [-0.2, 0) is 0 Å². The van der Waals surface area contributed by atoms with E-state index >= 15 is 0 Å². The van der Waals surface area contributed by atoms with Crippen molar-refractivity contribution >= 4 is 5.91 Å². The second-order valence-electron chi connectivity index (χ2n) is 5.66. The first-order valence-electron chi connectivity index (χ1n) is 7.73. The van der Waals surface area contributed by atoms with Gasteiger partial charge in [0.2, 0.25) is 0 Å². The highest BCUT2D eigenvalue weighted by Gasteiger charge is 2.12. The summed E-state index contributed by atoms with van der Waals surface area (Å²) in [6.07, 6.45) is 1.69. The standard InChI is InChI=1S/C20H23NO2/c1-5-12-23-19-10-8-17(9-11-19)20(22)21-16(4)18-7-6-14(2)15(3)13-18/h5-11,13,16H,1,12H2,2-4H3,(H,21,22)/t16-/m1/s1. The molecule has 3 heteroatoms. The first-order chi connectivity index (χ1) is 11.0. The Balaban J connectivity index is 2.02. The second kappa shape index (κ2) is 7.63. The maximum Gasteiger partial charge on any atom is 0.251 e. The van der Waals surface area contributed by atoms with Crippen molar-refractivity contribution in [3.05, 3.63) is 77.4 Å². The summed E-state index contributed by atoms with van der Waals surface area (Å²) in [5.41, 5.74) is 4.20. The molecule has 0 radical (unpaired) electrons. The van der Waals surface area contributed by atoms with E-state index < -0.39 is 0 Å². The average molecular weight is 309 g/mol. The van der Waals surface area contributed by atoms with Crippen molar-refractivity contribution < 1.29 is 9.53 Å². The van der Waals surface area contributed by atoms with Crippen LogP contribution >= 0.6 is 0 Å². The van der Waals surface area contributed by atoms with Crippen molar-refractivity contribution in [2.24, 2.45) is 0 Å². The lowest BCUT2D eigenvalue weighted by Gasteiger charge is -2.16. The van der Waals surface area contributed by atoms with E-state index in [1.165, 1.54) is 11.1 Å². The van der Waals surface area contributed by atoms with Gasteiger partial charge in [0.15, 0.2) is 0 Å². The van der Waals surface area contributed by atoms with Gasteiger partial charge in [0.25, 0.3) is 5.91 Å². The van der Waals surface area contributed by atoms with E-state index in [-0.39, 0.29) is 11.9 Å². The number of aryl methyl sites for hydroxylation is 2. The van der Waals surface area contributed by atoms with Crippen LogP contribution < -0.4 is 10.1 Å². The highest BCUT2D eigenvalue weighted by Crippen LogP contribution is 2.18. The minimum absolute atomic E-state index is 0.0431. The molecule has 1 N–H and O–H groups in total. The minimum atomic E-state index is -0.0917. The van der Waals surface area contributed by atoms with E-state index in [4.69, 9.17) is 4.74 Å². The Hall–Kier alpha value is -2.55. The minimum Gasteiger partial charge on any atom is -0.490 e. The number of ether oxygens (including phenoxy) is 1. The van der Waals surface area contributed by atoms with Gasteiger partial charge in [0, 0.05) is 5.56 Å². The monoisotopic (exact) mass is 309 g/mol. The fourth-order valence-electron chi connectivity index (χ4n) is 2.25. The molecule has 120 valence electrons. The molecule has 0 aliphatic rings. The summed E-state index contributed by atoms with van der Waals surface area (Å²) in [6, 6.07) is 13.3. The smallest absolute Gasteiger partial charge is 0.251 e. The van der Waals surface area contributed by atoms with Crippen LogP contribution in [0, 0.1) is 13.8 Å². The van der Waals surface area contributed by atoms with Crippen LogP contribution in [0.5, 0.6) is 5.75 Å². The number of hydrogen-bond acceptors (Lipinski definition) is 2. The number of carbonyl (C=O) groups is 1. The topological polar surface area (TPSA) is 38.3 Å². The van der Waals surface area contributed by atoms with E-state index in [1.807, 2.05) is 6.92 Å². The zero-order valence-electron chi connectivity index (χ0n) is 13.9. The van der Waals surface area contributed by atoms with Crippen LogP contribution in [0.2, 0.25) is 0 Å². The summed E-state index contributed by atoms with van der Waals surface area (Å²) in [4.78, 5) is 12.3. The molecule has 0 spiro atoms. The molecule has 0 aliphatic carbocycles. The van der Waals surface area contributed by atoms with E-state index in [0.29, 0.717) is 12.2 Å². The third kappa shape index (κ3) is 4.46. The normalized spacial score (nSPS) is 11.6. The van der Waals surface area contributed by atoms with Crippen molar-refractivity contribution in [1.29, 1.82) is 0 Å². The van der Waals surface area contributed by atoms with Crippen molar-refractivity contribution in [1.82, 2.24) is 5.32 Å². The zero-order valence-corrected chi connectivity index (χ0v) is 13.9. The lowest BCUT2D eigenvalue weighted by atomic mass is 10.0. The quantitative estimate of drug-likeness (QED) is 0.805. The molecule has 2 rings (SSSR count). The van der Waals surface area contributed by atoms with Crippen molar-refractivity contribution in [3.63, 3.8) is 0 Å². The molecule has 0 aromatic heterocycles. The molecule has 0 aliphatic heterocycles. The molecular formula is C20H23NO2. The number of rotatable bonds is 6. The predicted molar refractivity (Wildman–Crippen MR) is 93.9 cm³/mol. The first-order valence-corrected chi connectivity index (χ1v) is 7.73. The van der Waals surface area contributed by atoms with Crippen molar-refractivity contribution in [3.8, 4) is 5.75 Å². The Bertz CT molecular complexity index is 689. The van der Waals surface area contributed by atoms with E-state index in [1.54, 1.807) is 30.3 Å². The van der Waals surface area contributed by atoms with E-state index in [2.05, 4.69) is 43.9 Å². The van der Waals surface area contributed by atoms with Crippen molar-refractivity contribution in [2.75, 3.05) is 6.61 Å². The molecule has 0 fully saturated rings. The third-order valence-electron chi connectivity index (χ3n) is 3.86. The van der Waals surface area contributed by atoms with Crippen LogP contribution in [0.4, 0.5) is 0 Å². The van der Waals surface area contributed by atoms with Gasteiger partial charge >= 0.3 is 0 Å². The first kappa shape index (κ1) is 16.8. The highest BCUT2D eigenvalue weighted by atomic mass is 16.5. The fourth-order valence-corrected chi connectivity index (χ4v) is 2.25. The summed E-state index contributed by atoms with van der Waals surface area (Å²) in [7, 11) is 0. The number of benzene rings is 2. The molecule has 2 aromatic rings. The maximum atomic E-state index is 12.3. The molecule has 1 atom stereocenters. The Morgan fingerprint density at radius 2 is 1.87 bits per heavy atom. The van der Waals surface area contributed by atoms with Gasteiger partial charge < -0.3 is 10.1 Å². The molecule has 0 heterocycles. The number of nitrogens with one attached hydrogen (secondary N) is 1. The maximum absolute atomic E-state index is 12.3. The summed E-state index contributed by atoms with van der Waals surface area (Å²) in [5, 5.41) is 3.03. The zero-order chi connectivity index (χ0) is 16.8. The van der Waals surface area contributed by atoms with Gasteiger partial charge in [0.1, 0.15) is 12.4 Å². The van der Waals surface area contributed by atoms with Crippen LogP contribution in [-0.4, -0.2) is 12.5 Å². The SMILES string of the molecule is C=CCOc1ccc(C(=O)N[C@H](C)c2ccc(C)c(C)c2)cc1. The average Bonchev–Trinajstić information content (AvgIpc) is 2.55. The summed E-state index contributed by atoms with van der Waals surface area (Å²) < 4.78 is 5.41. The molecule has 0 bridgehead atoms. The summed E-state index contributed by atoms with van der Waals surface area (Å²) in [5.74, 6) is 0.634. The second-order valence-corrected chi connectivity index (χ2v) is 5.66. The van der Waals surface area contributed by atoms with Gasteiger partial charge in [-0.3, -0.25) is 4.79 Å². The molecule has 2 aromatic carbocycles. The van der Waals surface area contributed by atoms with Crippen molar-refractivity contribution in [2.45, 2.75) is 26.8 Å². The third-order valence-corrected chi connectivity index (χ3v) is 3.86. The van der Waals surface area contributed by atoms with Crippen LogP contribution in [0.1, 0.15) is 40.0 Å². The van der Waals surface area contributed by atoms with Crippen LogP contribution in [0.25, 0.3) is 0 Å². The molecule has 3 nitrogen and oxygen atoms in total. The largest absolute Gasteiger partial charge is 0.490 e. The van der Waals surface area contributed by atoms with Gasteiger partial charge in [-0.2, -0.15) is 0 Å². The van der Waals surface area contributed by atoms with E-state index in [9.17, 15) is 4.79 Å². The van der Waals surface area contributed by atoms with Gasteiger partial charge in [-0.15, -0.1) is 0 Å². The highest BCUT2D eigenvalue weighted by molar-refractivity contribution is 5.94. The predicted octanol–water partition coefficient (Wildman–Crippen LogP) is 4.36. The Morgan fingerprint density at radius 1 is 1.17 bits per heavy atom. The molecular weight excluding hydrogens is 286 g/mol.